The second-order valence-corrected chi connectivity index (χ2v) is 11.4. The fourth-order valence-electron chi connectivity index (χ4n) is 4.49. The van der Waals surface area contributed by atoms with Crippen LogP contribution in [-0.4, -0.2) is 61.7 Å². The normalized spacial score (nSPS) is 15.6. The average Bonchev–Trinajstić information content (AvgIpc) is 2.89. The van der Waals surface area contributed by atoms with E-state index in [-0.39, 0.29) is 12.2 Å². The largest absolute Gasteiger partial charge is 0.442 e. The number of carbonyl (C=O) groups is 1. The number of carbonyl (C=O) groups excluding carboxylic acids is 1. The zero-order valence-electron chi connectivity index (χ0n) is 21.0. The Kier molecular flexibility index (Phi) is 8.06. The van der Waals surface area contributed by atoms with Crippen LogP contribution in [0.4, 0.5) is 4.79 Å². The van der Waals surface area contributed by atoms with E-state index >= 15 is 0 Å². The number of amides is 1. The smallest absolute Gasteiger partial charge is 0.410 e. The molecule has 0 spiro atoms. The maximum atomic E-state index is 12.6. The summed E-state index contributed by atoms with van der Waals surface area (Å²) in [5, 5.41) is 0. The Morgan fingerprint density at radius 2 is 1.72 bits per heavy atom. The molecular weight excluding hydrogens is 474 g/mol. The van der Waals surface area contributed by atoms with Gasteiger partial charge in [0.15, 0.2) is 9.84 Å². The third kappa shape index (κ3) is 6.50. The van der Waals surface area contributed by atoms with E-state index in [1.807, 2.05) is 49.5 Å². The lowest BCUT2D eigenvalue weighted by molar-refractivity contribution is 0.0521. The van der Waals surface area contributed by atoms with Gasteiger partial charge in [0.25, 0.3) is 0 Å². The summed E-state index contributed by atoms with van der Waals surface area (Å²) >= 11 is 0. The minimum atomic E-state index is -3.21. The molecule has 1 aliphatic rings. The molecule has 190 valence electrons. The van der Waals surface area contributed by atoms with Crippen molar-refractivity contribution in [3.05, 3.63) is 84.1 Å². The summed E-state index contributed by atoms with van der Waals surface area (Å²) < 4.78 is 29.0. The standard InChI is InChI=1S/C28H33N3O4S/c1-21(23-7-5-4-6-8-23)35-28(32)31-17-15-25(16-18-31)30(2)20-22-9-14-27(29-19-22)24-10-12-26(13-11-24)36(3,33)34/h4-14,19,21,25H,15-18,20H2,1-3H3. The maximum Gasteiger partial charge on any atom is 0.410 e. The number of aromatic nitrogens is 1. The summed E-state index contributed by atoms with van der Waals surface area (Å²) in [6, 6.07) is 21.0. The van der Waals surface area contributed by atoms with E-state index in [0.29, 0.717) is 24.0 Å². The zero-order chi connectivity index (χ0) is 25.7. The van der Waals surface area contributed by atoms with Crippen LogP contribution in [0.3, 0.4) is 0 Å². The number of rotatable bonds is 7. The zero-order valence-corrected chi connectivity index (χ0v) is 21.8. The van der Waals surface area contributed by atoms with Gasteiger partial charge in [-0.2, -0.15) is 0 Å². The Morgan fingerprint density at radius 3 is 2.31 bits per heavy atom. The molecule has 1 fully saturated rings. The summed E-state index contributed by atoms with van der Waals surface area (Å²) in [5.41, 5.74) is 3.78. The lowest BCUT2D eigenvalue weighted by Gasteiger charge is -2.36. The molecule has 0 aliphatic carbocycles. The SMILES string of the molecule is CC(OC(=O)N1CCC(N(C)Cc2ccc(-c3ccc(S(C)(=O)=O)cc3)nc2)CC1)c1ccccc1. The van der Waals surface area contributed by atoms with Gasteiger partial charge < -0.3 is 9.64 Å². The number of likely N-dealkylation sites (tertiary alicyclic amines) is 1. The highest BCUT2D eigenvalue weighted by atomic mass is 32.2. The van der Waals surface area contributed by atoms with Crippen LogP contribution in [0.15, 0.2) is 77.8 Å². The molecule has 0 bridgehead atoms. The minimum Gasteiger partial charge on any atom is -0.442 e. The number of piperidine rings is 1. The lowest BCUT2D eigenvalue weighted by atomic mass is 10.0. The van der Waals surface area contributed by atoms with Crippen LogP contribution in [0.2, 0.25) is 0 Å². The van der Waals surface area contributed by atoms with Crippen molar-refractivity contribution in [3.8, 4) is 11.3 Å². The van der Waals surface area contributed by atoms with Gasteiger partial charge in [-0.05, 0) is 56.1 Å². The average molecular weight is 508 g/mol. The molecule has 3 aromatic rings. The van der Waals surface area contributed by atoms with E-state index < -0.39 is 9.84 Å². The third-order valence-electron chi connectivity index (χ3n) is 6.73. The molecule has 0 N–H and O–H groups in total. The predicted octanol–water partition coefficient (Wildman–Crippen LogP) is 4.95. The van der Waals surface area contributed by atoms with Gasteiger partial charge in [-0.1, -0.05) is 48.5 Å². The number of hydrogen-bond acceptors (Lipinski definition) is 6. The third-order valence-corrected chi connectivity index (χ3v) is 7.86. The van der Waals surface area contributed by atoms with Crippen molar-refractivity contribution in [1.29, 1.82) is 0 Å². The fraction of sp³-hybridized carbons (Fsp3) is 0.357. The molecule has 1 unspecified atom stereocenters. The summed E-state index contributed by atoms with van der Waals surface area (Å²) in [7, 11) is -1.11. The van der Waals surface area contributed by atoms with E-state index in [4.69, 9.17) is 4.74 Å². The topological polar surface area (TPSA) is 79.8 Å². The van der Waals surface area contributed by atoms with Gasteiger partial charge in [0.2, 0.25) is 0 Å². The Labute approximate surface area is 213 Å². The number of sulfone groups is 1. The molecule has 7 nitrogen and oxygen atoms in total. The summed E-state index contributed by atoms with van der Waals surface area (Å²) in [6.45, 7) is 4.02. The van der Waals surface area contributed by atoms with Gasteiger partial charge in [-0.25, -0.2) is 13.2 Å². The number of ether oxygens (including phenoxy) is 1. The lowest BCUT2D eigenvalue weighted by Crippen LogP contribution is -2.45. The van der Waals surface area contributed by atoms with Crippen molar-refractivity contribution < 1.29 is 17.9 Å². The first-order valence-corrected chi connectivity index (χ1v) is 14.1. The van der Waals surface area contributed by atoms with Crippen LogP contribution < -0.4 is 0 Å². The van der Waals surface area contributed by atoms with Crippen LogP contribution in [0, 0.1) is 0 Å². The molecule has 1 atom stereocenters. The number of pyridine rings is 1. The van der Waals surface area contributed by atoms with Crippen LogP contribution in [-0.2, 0) is 21.1 Å². The quantitative estimate of drug-likeness (QED) is 0.450. The van der Waals surface area contributed by atoms with Crippen molar-refractivity contribution in [2.45, 2.75) is 43.4 Å². The first kappa shape index (κ1) is 25.9. The van der Waals surface area contributed by atoms with Gasteiger partial charge in [0.05, 0.1) is 10.6 Å². The van der Waals surface area contributed by atoms with Crippen LogP contribution in [0.5, 0.6) is 0 Å². The van der Waals surface area contributed by atoms with E-state index in [1.54, 1.807) is 29.2 Å². The molecule has 2 aromatic carbocycles. The Bertz CT molecular complexity index is 1250. The molecule has 0 saturated carbocycles. The highest BCUT2D eigenvalue weighted by molar-refractivity contribution is 7.90. The molecule has 1 amide bonds. The van der Waals surface area contributed by atoms with Crippen molar-refractivity contribution in [2.75, 3.05) is 26.4 Å². The van der Waals surface area contributed by atoms with Crippen LogP contribution in [0.25, 0.3) is 11.3 Å². The number of nitrogens with zero attached hydrogens (tertiary/aromatic N) is 3. The first-order valence-electron chi connectivity index (χ1n) is 12.2. The van der Waals surface area contributed by atoms with E-state index in [0.717, 1.165) is 41.8 Å². The van der Waals surface area contributed by atoms with Gasteiger partial charge >= 0.3 is 6.09 Å². The van der Waals surface area contributed by atoms with Gasteiger partial charge in [0.1, 0.15) is 6.10 Å². The molecule has 36 heavy (non-hydrogen) atoms. The summed E-state index contributed by atoms with van der Waals surface area (Å²) in [5.74, 6) is 0. The molecule has 0 radical (unpaired) electrons. The van der Waals surface area contributed by atoms with Gasteiger partial charge in [-0.3, -0.25) is 9.88 Å². The molecule has 2 heterocycles. The van der Waals surface area contributed by atoms with Gasteiger partial charge in [-0.15, -0.1) is 0 Å². The molecular formula is C28H33N3O4S. The van der Waals surface area contributed by atoms with Crippen LogP contribution >= 0.6 is 0 Å². The van der Waals surface area contributed by atoms with Crippen molar-refractivity contribution in [1.82, 2.24) is 14.8 Å². The van der Waals surface area contributed by atoms with Crippen molar-refractivity contribution in [2.24, 2.45) is 0 Å². The molecule has 1 saturated heterocycles. The molecule has 8 heteroatoms. The molecule has 1 aliphatic heterocycles. The summed E-state index contributed by atoms with van der Waals surface area (Å²) in [6.07, 6.45) is 4.33. The second-order valence-electron chi connectivity index (χ2n) is 9.42. The first-order chi connectivity index (χ1) is 17.2. The number of benzene rings is 2. The maximum absolute atomic E-state index is 12.6. The molecule has 4 rings (SSSR count). The van der Waals surface area contributed by atoms with Crippen molar-refractivity contribution >= 4 is 15.9 Å². The minimum absolute atomic E-state index is 0.253. The van der Waals surface area contributed by atoms with E-state index in [2.05, 4.69) is 23.0 Å². The highest BCUT2D eigenvalue weighted by Gasteiger charge is 2.27. The van der Waals surface area contributed by atoms with E-state index in [9.17, 15) is 13.2 Å². The Morgan fingerprint density at radius 1 is 1.06 bits per heavy atom. The van der Waals surface area contributed by atoms with Gasteiger partial charge in [0, 0.05) is 43.7 Å². The predicted molar refractivity (Wildman–Crippen MR) is 140 cm³/mol. The van der Waals surface area contributed by atoms with Crippen molar-refractivity contribution in [3.63, 3.8) is 0 Å². The Hall–Kier alpha value is -3.23. The highest BCUT2D eigenvalue weighted by Crippen LogP contribution is 2.23. The number of hydrogen-bond donors (Lipinski definition) is 0. The second kappa shape index (κ2) is 11.2. The summed E-state index contributed by atoms with van der Waals surface area (Å²) in [4.78, 5) is 21.6. The van der Waals surface area contributed by atoms with Crippen LogP contribution in [0.1, 0.15) is 37.0 Å². The Balaban J connectivity index is 1.27. The van der Waals surface area contributed by atoms with E-state index in [1.165, 1.54) is 6.26 Å². The molecule has 1 aromatic heterocycles. The monoisotopic (exact) mass is 507 g/mol. The fourth-order valence-corrected chi connectivity index (χ4v) is 5.12.